The summed E-state index contributed by atoms with van der Waals surface area (Å²) in [6.45, 7) is 2.77. The molecular formula is C24H23FN4O. The first kappa shape index (κ1) is 18.7. The van der Waals surface area contributed by atoms with Gasteiger partial charge in [0.15, 0.2) is 5.82 Å². The summed E-state index contributed by atoms with van der Waals surface area (Å²) in [6.07, 6.45) is 5.13. The van der Waals surface area contributed by atoms with E-state index in [1.807, 2.05) is 4.90 Å². The first-order valence-electron chi connectivity index (χ1n) is 10.3. The molecule has 1 amide bonds. The number of carbonyl (C=O) groups excluding carboxylic acids is 1. The Morgan fingerprint density at radius 1 is 1.07 bits per heavy atom. The smallest absolute Gasteiger partial charge is 0.255 e. The molecule has 2 bridgehead atoms. The maximum absolute atomic E-state index is 14.7. The molecule has 3 atom stereocenters. The van der Waals surface area contributed by atoms with E-state index in [0.717, 1.165) is 18.5 Å². The van der Waals surface area contributed by atoms with Crippen molar-refractivity contribution in [3.8, 4) is 11.4 Å². The van der Waals surface area contributed by atoms with Gasteiger partial charge in [0.25, 0.3) is 5.91 Å². The molecule has 2 aliphatic rings. The third-order valence-corrected chi connectivity index (χ3v) is 6.18. The Kier molecular flexibility index (Phi) is 4.69. The first-order chi connectivity index (χ1) is 14.6. The molecular weight excluding hydrogens is 379 g/mol. The van der Waals surface area contributed by atoms with Crippen molar-refractivity contribution in [3.05, 3.63) is 77.9 Å². The van der Waals surface area contributed by atoms with Crippen molar-refractivity contribution in [1.82, 2.24) is 14.9 Å². The second-order valence-corrected chi connectivity index (χ2v) is 8.21. The van der Waals surface area contributed by atoms with Crippen LogP contribution in [-0.2, 0) is 0 Å². The van der Waals surface area contributed by atoms with E-state index in [4.69, 9.17) is 0 Å². The molecule has 152 valence electrons. The van der Waals surface area contributed by atoms with E-state index in [2.05, 4.69) is 46.5 Å². The van der Waals surface area contributed by atoms with Crippen molar-refractivity contribution in [3.63, 3.8) is 0 Å². The first-order valence-corrected chi connectivity index (χ1v) is 10.3. The number of benzene rings is 2. The largest absolute Gasteiger partial charge is 0.380 e. The number of nitrogens with one attached hydrogen (secondary N) is 1. The summed E-state index contributed by atoms with van der Waals surface area (Å²) < 4.78 is 14.7. The molecule has 0 radical (unpaired) electrons. The molecule has 0 unspecified atom stereocenters. The van der Waals surface area contributed by atoms with E-state index in [9.17, 15) is 9.18 Å². The van der Waals surface area contributed by atoms with Crippen molar-refractivity contribution in [2.24, 2.45) is 5.92 Å². The van der Waals surface area contributed by atoms with Gasteiger partial charge in [-0.05, 0) is 56.0 Å². The topological polar surface area (TPSA) is 58.1 Å². The van der Waals surface area contributed by atoms with Gasteiger partial charge in [0, 0.05) is 30.7 Å². The normalized spacial score (nSPS) is 22.3. The summed E-state index contributed by atoms with van der Waals surface area (Å²) in [4.78, 5) is 23.7. The molecule has 2 heterocycles. The van der Waals surface area contributed by atoms with Crippen LogP contribution in [0.5, 0.6) is 0 Å². The van der Waals surface area contributed by atoms with E-state index < -0.39 is 5.82 Å². The molecule has 30 heavy (non-hydrogen) atoms. The van der Waals surface area contributed by atoms with Crippen molar-refractivity contribution in [2.75, 3.05) is 11.9 Å². The van der Waals surface area contributed by atoms with Gasteiger partial charge in [0.2, 0.25) is 0 Å². The molecule has 1 aliphatic carbocycles. The number of aryl methyl sites for hydroxylation is 1. The second kappa shape index (κ2) is 7.52. The number of hydrogen-bond acceptors (Lipinski definition) is 4. The lowest BCUT2D eigenvalue weighted by Gasteiger charge is -2.34. The minimum Gasteiger partial charge on any atom is -0.380 e. The third kappa shape index (κ3) is 3.32. The van der Waals surface area contributed by atoms with E-state index in [1.165, 1.54) is 11.6 Å². The molecule has 6 heteroatoms. The highest BCUT2D eigenvalue weighted by Gasteiger charge is 2.47. The van der Waals surface area contributed by atoms with Gasteiger partial charge in [-0.1, -0.05) is 23.8 Å². The zero-order valence-electron chi connectivity index (χ0n) is 16.8. The Morgan fingerprint density at radius 2 is 1.83 bits per heavy atom. The number of carbonyl (C=O) groups is 1. The van der Waals surface area contributed by atoms with Crippen LogP contribution in [0.25, 0.3) is 11.4 Å². The molecule has 1 aromatic heterocycles. The van der Waals surface area contributed by atoms with Gasteiger partial charge in [-0.15, -0.1) is 0 Å². The maximum Gasteiger partial charge on any atom is 0.255 e. The molecule has 2 aromatic carbocycles. The van der Waals surface area contributed by atoms with E-state index >= 15 is 0 Å². The van der Waals surface area contributed by atoms with Gasteiger partial charge >= 0.3 is 0 Å². The summed E-state index contributed by atoms with van der Waals surface area (Å²) in [5.41, 5.74) is 2.78. The molecule has 5 rings (SSSR count). The summed E-state index contributed by atoms with van der Waals surface area (Å²) in [6, 6.07) is 14.9. The van der Waals surface area contributed by atoms with Gasteiger partial charge < -0.3 is 10.2 Å². The number of hydrogen-bond donors (Lipinski definition) is 1. The number of nitrogens with zero attached hydrogens (tertiary/aromatic N) is 3. The molecule has 1 saturated heterocycles. The SMILES string of the molecule is Cc1ccc(N[C@@H]2C[C@H]3C[C@@H]2N(C(=O)c2cccc(F)c2-c2ncccn2)C3)cc1. The highest BCUT2D eigenvalue weighted by molar-refractivity contribution is 6.00. The van der Waals surface area contributed by atoms with E-state index in [-0.39, 0.29) is 29.4 Å². The number of halogens is 1. The van der Waals surface area contributed by atoms with Crippen LogP contribution in [0.4, 0.5) is 10.1 Å². The van der Waals surface area contributed by atoms with Crippen molar-refractivity contribution >= 4 is 11.6 Å². The molecule has 1 aliphatic heterocycles. The van der Waals surface area contributed by atoms with Crippen LogP contribution in [0.3, 0.4) is 0 Å². The number of fused-ring (bicyclic) bond motifs is 2. The fourth-order valence-electron chi connectivity index (χ4n) is 4.79. The van der Waals surface area contributed by atoms with Crippen LogP contribution in [0.15, 0.2) is 60.9 Å². The second-order valence-electron chi connectivity index (χ2n) is 8.21. The number of rotatable bonds is 4. The predicted molar refractivity (Wildman–Crippen MR) is 114 cm³/mol. The van der Waals surface area contributed by atoms with Crippen LogP contribution in [0.2, 0.25) is 0 Å². The molecule has 5 nitrogen and oxygen atoms in total. The summed E-state index contributed by atoms with van der Waals surface area (Å²) >= 11 is 0. The zero-order valence-corrected chi connectivity index (χ0v) is 16.8. The van der Waals surface area contributed by atoms with Gasteiger partial charge in [0.05, 0.1) is 17.2 Å². The Hall–Kier alpha value is -3.28. The van der Waals surface area contributed by atoms with Crippen LogP contribution in [0, 0.1) is 18.7 Å². The van der Waals surface area contributed by atoms with Gasteiger partial charge in [-0.25, -0.2) is 14.4 Å². The lowest BCUT2D eigenvalue weighted by Crippen LogP contribution is -2.47. The minimum absolute atomic E-state index is 0.0941. The summed E-state index contributed by atoms with van der Waals surface area (Å²) in [7, 11) is 0. The number of amides is 1. The average molecular weight is 402 g/mol. The van der Waals surface area contributed by atoms with Crippen LogP contribution in [0.1, 0.15) is 28.8 Å². The molecule has 1 N–H and O–H groups in total. The van der Waals surface area contributed by atoms with Crippen molar-refractivity contribution < 1.29 is 9.18 Å². The molecule has 1 saturated carbocycles. The Labute approximate surface area is 175 Å². The lowest BCUT2D eigenvalue weighted by atomic mass is 10.0. The van der Waals surface area contributed by atoms with Gasteiger partial charge in [-0.2, -0.15) is 0 Å². The fourth-order valence-corrected chi connectivity index (χ4v) is 4.79. The fraction of sp³-hybridized carbons (Fsp3) is 0.292. The highest BCUT2D eigenvalue weighted by Crippen LogP contribution is 2.40. The Bertz CT molecular complexity index is 1070. The van der Waals surface area contributed by atoms with Gasteiger partial charge in [-0.3, -0.25) is 4.79 Å². The minimum atomic E-state index is -0.481. The zero-order chi connectivity index (χ0) is 20.7. The van der Waals surface area contributed by atoms with Gasteiger partial charge in [0.1, 0.15) is 5.82 Å². The number of aromatic nitrogens is 2. The summed E-state index contributed by atoms with van der Waals surface area (Å²) in [5, 5.41) is 3.60. The summed E-state index contributed by atoms with van der Waals surface area (Å²) in [5.74, 6) is 0.0649. The van der Waals surface area contributed by atoms with E-state index in [0.29, 0.717) is 18.0 Å². The molecule has 2 fully saturated rings. The van der Waals surface area contributed by atoms with Crippen LogP contribution < -0.4 is 5.32 Å². The lowest BCUT2D eigenvalue weighted by molar-refractivity contribution is 0.0692. The number of piperidine rings is 1. The Balaban J connectivity index is 1.42. The predicted octanol–water partition coefficient (Wildman–Crippen LogP) is 4.31. The molecule has 0 spiro atoms. The third-order valence-electron chi connectivity index (χ3n) is 6.18. The monoisotopic (exact) mass is 402 g/mol. The van der Waals surface area contributed by atoms with Crippen LogP contribution in [-0.4, -0.2) is 39.4 Å². The quantitative estimate of drug-likeness (QED) is 0.707. The van der Waals surface area contributed by atoms with Crippen LogP contribution >= 0.6 is 0 Å². The van der Waals surface area contributed by atoms with Crippen molar-refractivity contribution in [1.29, 1.82) is 0 Å². The standard InChI is InChI=1S/C24H23FN4O/c1-15-6-8-17(9-7-15)28-20-12-16-13-21(20)29(14-16)24(30)18-4-2-5-19(25)22(18)23-26-10-3-11-27-23/h2-11,16,20-21,28H,12-14H2,1H3/t16-,20+,21-/m0/s1. The number of likely N-dealkylation sites (tertiary alicyclic amines) is 1. The molecule has 3 aromatic rings. The Morgan fingerprint density at radius 3 is 2.57 bits per heavy atom. The number of anilines is 1. The highest BCUT2D eigenvalue weighted by atomic mass is 19.1. The maximum atomic E-state index is 14.7. The average Bonchev–Trinajstić information content (AvgIpc) is 3.36. The van der Waals surface area contributed by atoms with Crippen molar-refractivity contribution in [2.45, 2.75) is 31.8 Å². The van der Waals surface area contributed by atoms with E-state index in [1.54, 1.807) is 30.6 Å².